The van der Waals surface area contributed by atoms with Crippen LogP contribution in [-0.4, -0.2) is 12.0 Å². The van der Waals surface area contributed by atoms with Crippen LogP contribution in [0.3, 0.4) is 0 Å². The van der Waals surface area contributed by atoms with E-state index < -0.39 is 12.4 Å². The summed E-state index contributed by atoms with van der Waals surface area (Å²) in [7, 11) is 0. The van der Waals surface area contributed by atoms with Gasteiger partial charge in [-0.15, -0.1) is 11.3 Å². The van der Waals surface area contributed by atoms with Crippen LogP contribution in [0.25, 0.3) is 10.2 Å². The molecule has 0 N–H and O–H groups in total. The molecule has 2 aromatic rings. The van der Waals surface area contributed by atoms with Crippen LogP contribution in [0.5, 0.6) is 0 Å². The molecule has 0 radical (unpaired) electrons. The molecule has 1 nitrogen and oxygen atoms in total. The van der Waals surface area contributed by atoms with Gasteiger partial charge in [0.25, 0.3) is 0 Å². The number of pyridine rings is 1. The van der Waals surface area contributed by atoms with E-state index in [0.29, 0.717) is 10.2 Å². The van der Waals surface area contributed by atoms with E-state index in [1.54, 1.807) is 11.4 Å². The number of hydrogen-bond acceptors (Lipinski definition) is 2. The molecule has 68 valence electrons. The smallest absolute Gasteiger partial charge is 0.445 e. The Morgan fingerprint density at radius 1 is 1.29 bits per heavy atom. The van der Waals surface area contributed by atoms with E-state index in [0.717, 1.165) is 12.3 Å². The van der Waals surface area contributed by atoms with E-state index in [1.165, 1.54) is 11.3 Å². The van der Waals surface area contributed by atoms with Gasteiger partial charge in [-0.05, 0) is 11.4 Å². The van der Waals surface area contributed by atoms with Gasteiger partial charge in [0.05, 0.1) is 5.52 Å². The molecule has 0 aliphatic heterocycles. The van der Waals surface area contributed by atoms with Gasteiger partial charge in [0.2, 0.25) is 0 Å². The summed E-state index contributed by atoms with van der Waals surface area (Å²) in [5.74, 6) is 0. The van der Waals surface area contributed by atoms with Gasteiger partial charge in [0.1, 0.15) is 0 Å². The van der Waals surface area contributed by atoms with Crippen molar-refractivity contribution in [2.75, 3.05) is 0 Å². The van der Waals surface area contributed by atoms with Crippen LogP contribution in [0.15, 0.2) is 23.7 Å². The zero-order chi connectivity index (χ0) is 9.47. The minimum Gasteiger partial charge on any atom is -0.445 e. The van der Waals surface area contributed by atoms with Crippen molar-refractivity contribution >= 4 is 34.0 Å². The summed E-state index contributed by atoms with van der Waals surface area (Å²) >= 11 is 1.27. The van der Waals surface area contributed by atoms with Gasteiger partial charge in [-0.2, -0.15) is 0 Å². The molecule has 7 heteroatoms. The summed E-state index contributed by atoms with van der Waals surface area (Å²) in [5.41, 5.74) is -0.0104. The van der Waals surface area contributed by atoms with Crippen LogP contribution >= 0.6 is 11.3 Å². The van der Waals surface area contributed by atoms with E-state index in [2.05, 4.69) is 4.98 Å². The molecule has 2 heterocycles. The van der Waals surface area contributed by atoms with Crippen LogP contribution < -0.4 is 56.8 Å². The zero-order valence-electron chi connectivity index (χ0n) is 7.38. The number of rotatable bonds is 1. The third kappa shape index (κ3) is 2.59. The molecule has 0 fully saturated rings. The summed E-state index contributed by atoms with van der Waals surface area (Å²) in [6, 6.07) is 2.85. The first-order chi connectivity index (χ1) is 6.07. The second kappa shape index (κ2) is 4.63. The quantitative estimate of drug-likeness (QED) is 0.605. The topological polar surface area (TPSA) is 12.9 Å². The molecule has 0 bridgehead atoms. The van der Waals surface area contributed by atoms with Crippen LogP contribution in [0, 0.1) is 0 Å². The van der Waals surface area contributed by atoms with Gasteiger partial charge >= 0.3 is 58.4 Å². The third-order valence-corrected chi connectivity index (χ3v) is 2.55. The first-order valence-corrected chi connectivity index (χ1v) is 4.48. The molecule has 0 aliphatic rings. The maximum atomic E-state index is 12.2. The number of thiophene rings is 1. The zero-order valence-corrected chi connectivity index (χ0v) is 11.3. The molecule has 14 heavy (non-hydrogen) atoms. The number of fused-ring (bicyclic) bond motifs is 1. The third-order valence-electron chi connectivity index (χ3n) is 1.70. The van der Waals surface area contributed by atoms with Crippen LogP contribution in [-0.2, 0) is 0 Å². The largest absolute Gasteiger partial charge is 1.00 e. The molecular formula is C7H4BF3KNS. The van der Waals surface area contributed by atoms with Crippen molar-refractivity contribution < 1.29 is 64.3 Å². The Bertz CT molecular complexity index is 442. The van der Waals surface area contributed by atoms with Crippen molar-refractivity contribution in [3.8, 4) is 0 Å². The Morgan fingerprint density at radius 2 is 2.00 bits per heavy atom. The Kier molecular flexibility index (Phi) is 4.19. The number of hydrogen-bond donors (Lipinski definition) is 0. The van der Waals surface area contributed by atoms with Crippen molar-refractivity contribution in [1.29, 1.82) is 0 Å². The number of halogens is 3. The standard InChI is InChI=1S/C7H4BF3NS.K/c9-8(10,11)5-3-7-6(12-4-5)1-2-13-7;/h1-4H;/q-1;+1. The monoisotopic (exact) mass is 241 g/mol. The summed E-state index contributed by atoms with van der Waals surface area (Å²) < 4.78 is 37.3. The molecule has 0 saturated carbocycles. The number of nitrogens with zero attached hydrogens (tertiary/aromatic N) is 1. The Morgan fingerprint density at radius 3 is 2.64 bits per heavy atom. The molecular weight excluding hydrogens is 237 g/mol. The van der Waals surface area contributed by atoms with E-state index in [-0.39, 0.29) is 51.4 Å². The fraction of sp³-hybridized carbons (Fsp3) is 0. The van der Waals surface area contributed by atoms with Gasteiger partial charge in [0.15, 0.2) is 0 Å². The van der Waals surface area contributed by atoms with Crippen molar-refractivity contribution in [1.82, 2.24) is 4.98 Å². The predicted molar refractivity (Wildman–Crippen MR) is 48.3 cm³/mol. The van der Waals surface area contributed by atoms with Gasteiger partial charge in [-0.3, -0.25) is 4.98 Å². The fourth-order valence-corrected chi connectivity index (χ4v) is 1.83. The second-order valence-electron chi connectivity index (χ2n) is 2.65. The van der Waals surface area contributed by atoms with E-state index >= 15 is 0 Å². The molecule has 2 aromatic heterocycles. The Labute approximate surface area is 125 Å². The summed E-state index contributed by atoms with van der Waals surface area (Å²) in [6.45, 7) is -4.92. The maximum Gasteiger partial charge on any atom is 1.00 e. The van der Waals surface area contributed by atoms with Crippen LogP contribution in [0.4, 0.5) is 12.9 Å². The van der Waals surface area contributed by atoms with Crippen LogP contribution in [0.1, 0.15) is 0 Å². The second-order valence-corrected chi connectivity index (χ2v) is 3.60. The molecule has 0 spiro atoms. The van der Waals surface area contributed by atoms with Crippen molar-refractivity contribution in [2.24, 2.45) is 0 Å². The average molecular weight is 241 g/mol. The van der Waals surface area contributed by atoms with Gasteiger partial charge < -0.3 is 12.9 Å². The summed E-state index contributed by atoms with van der Waals surface area (Å²) in [5, 5.41) is 1.73. The van der Waals surface area contributed by atoms with E-state index in [1.807, 2.05) is 0 Å². The molecule has 0 aliphatic carbocycles. The maximum absolute atomic E-state index is 12.2. The first kappa shape index (κ1) is 12.7. The first-order valence-electron chi connectivity index (χ1n) is 3.60. The SMILES string of the molecule is F[B-](F)(F)c1cnc2ccsc2c1.[K+]. The van der Waals surface area contributed by atoms with Gasteiger partial charge in [-0.1, -0.05) is 11.5 Å². The number of aromatic nitrogens is 1. The fourth-order valence-electron chi connectivity index (χ4n) is 1.04. The van der Waals surface area contributed by atoms with E-state index in [9.17, 15) is 12.9 Å². The molecule has 0 unspecified atom stereocenters. The predicted octanol–water partition coefficient (Wildman–Crippen LogP) is -0.645. The average Bonchev–Trinajstić information content (AvgIpc) is 2.47. The minimum atomic E-state index is -4.92. The van der Waals surface area contributed by atoms with Gasteiger partial charge in [-0.25, -0.2) is 0 Å². The normalized spacial score (nSPS) is 11.4. The van der Waals surface area contributed by atoms with Crippen molar-refractivity contribution in [2.45, 2.75) is 0 Å². The molecule has 2 rings (SSSR count). The molecule has 0 atom stereocenters. The Hall–Kier alpha value is 0.601. The Balaban J connectivity index is 0.000000980. The van der Waals surface area contributed by atoms with Gasteiger partial charge in [0, 0.05) is 10.9 Å². The minimum absolute atomic E-state index is 0. The molecule has 0 aromatic carbocycles. The van der Waals surface area contributed by atoms with Crippen LogP contribution in [0.2, 0.25) is 0 Å². The molecule has 0 saturated heterocycles. The summed E-state index contributed by atoms with van der Waals surface area (Å²) in [6.07, 6.45) is 0.884. The molecule has 0 amide bonds. The van der Waals surface area contributed by atoms with Crippen molar-refractivity contribution in [3.05, 3.63) is 23.7 Å². The van der Waals surface area contributed by atoms with Crippen molar-refractivity contribution in [3.63, 3.8) is 0 Å². The van der Waals surface area contributed by atoms with E-state index in [4.69, 9.17) is 0 Å². The summed E-state index contributed by atoms with van der Waals surface area (Å²) in [4.78, 5) is 3.71.